The normalized spacial score (nSPS) is 11.7. The standard InChI is InChI=1S/C23H26N4O2/c1-15-11-16(2)22(17(3)12-15)27-21(29)14-26-20(28)13-19(23-24-9-10-25-23)18-7-5-4-6-8-18/h4-12,19H,13-14H2,1-3H3,(H,24,25)(H,26,28)(H,27,29). The van der Waals surface area contributed by atoms with E-state index in [1.54, 1.807) is 12.4 Å². The fraction of sp³-hybridized carbons (Fsp3) is 0.261. The van der Waals surface area contributed by atoms with Gasteiger partial charge in [-0.25, -0.2) is 4.98 Å². The molecule has 29 heavy (non-hydrogen) atoms. The van der Waals surface area contributed by atoms with Crippen LogP contribution in [-0.4, -0.2) is 28.3 Å². The van der Waals surface area contributed by atoms with Crippen LogP contribution in [0.3, 0.4) is 0 Å². The van der Waals surface area contributed by atoms with E-state index in [0.717, 1.165) is 33.8 Å². The Kier molecular flexibility index (Phi) is 6.44. The molecule has 0 aliphatic carbocycles. The van der Waals surface area contributed by atoms with Crippen molar-refractivity contribution in [3.8, 4) is 0 Å². The number of aromatic nitrogens is 2. The molecule has 3 aromatic rings. The van der Waals surface area contributed by atoms with Crippen LogP contribution in [0.5, 0.6) is 0 Å². The average molecular weight is 390 g/mol. The number of hydrogen-bond acceptors (Lipinski definition) is 3. The Morgan fingerprint density at radius 1 is 1.03 bits per heavy atom. The Morgan fingerprint density at radius 2 is 1.72 bits per heavy atom. The van der Waals surface area contributed by atoms with Gasteiger partial charge >= 0.3 is 0 Å². The molecule has 2 aromatic carbocycles. The molecule has 1 atom stereocenters. The summed E-state index contributed by atoms with van der Waals surface area (Å²) in [5.41, 5.74) is 4.95. The van der Waals surface area contributed by atoms with Crippen LogP contribution in [0.4, 0.5) is 5.69 Å². The maximum Gasteiger partial charge on any atom is 0.243 e. The molecule has 6 heteroatoms. The molecule has 0 saturated carbocycles. The Hall–Kier alpha value is -3.41. The minimum Gasteiger partial charge on any atom is -0.348 e. The number of carbonyl (C=O) groups excluding carboxylic acids is 2. The summed E-state index contributed by atoms with van der Waals surface area (Å²) < 4.78 is 0. The number of H-pyrrole nitrogens is 1. The number of aryl methyl sites for hydroxylation is 3. The second-order valence-electron chi connectivity index (χ2n) is 7.24. The highest BCUT2D eigenvalue weighted by atomic mass is 16.2. The lowest BCUT2D eigenvalue weighted by atomic mass is 9.94. The van der Waals surface area contributed by atoms with Gasteiger partial charge < -0.3 is 15.6 Å². The summed E-state index contributed by atoms with van der Waals surface area (Å²) in [6.07, 6.45) is 3.61. The van der Waals surface area contributed by atoms with Gasteiger partial charge in [-0.3, -0.25) is 9.59 Å². The number of benzene rings is 2. The number of carbonyl (C=O) groups is 2. The predicted molar refractivity (Wildman–Crippen MR) is 114 cm³/mol. The zero-order valence-corrected chi connectivity index (χ0v) is 17.0. The van der Waals surface area contributed by atoms with Gasteiger partial charge in [0.1, 0.15) is 5.82 Å². The Bertz CT molecular complexity index is 958. The molecule has 1 aromatic heterocycles. The van der Waals surface area contributed by atoms with Crippen molar-refractivity contribution in [2.75, 3.05) is 11.9 Å². The molecule has 6 nitrogen and oxygen atoms in total. The molecule has 0 spiro atoms. The highest BCUT2D eigenvalue weighted by Crippen LogP contribution is 2.25. The fourth-order valence-electron chi connectivity index (χ4n) is 3.52. The van der Waals surface area contributed by atoms with Gasteiger partial charge in [-0.1, -0.05) is 48.0 Å². The zero-order chi connectivity index (χ0) is 20.8. The second-order valence-corrected chi connectivity index (χ2v) is 7.24. The monoisotopic (exact) mass is 390 g/mol. The summed E-state index contributed by atoms with van der Waals surface area (Å²) in [4.78, 5) is 32.3. The van der Waals surface area contributed by atoms with Crippen molar-refractivity contribution in [3.05, 3.63) is 82.9 Å². The molecule has 3 N–H and O–H groups in total. The first-order chi connectivity index (χ1) is 13.9. The lowest BCUT2D eigenvalue weighted by Gasteiger charge is -2.16. The van der Waals surface area contributed by atoms with E-state index in [0.29, 0.717) is 0 Å². The minimum atomic E-state index is -0.248. The molecule has 1 heterocycles. The largest absolute Gasteiger partial charge is 0.348 e. The maximum absolute atomic E-state index is 12.5. The molecule has 2 amide bonds. The summed E-state index contributed by atoms with van der Waals surface area (Å²) in [7, 11) is 0. The van der Waals surface area contributed by atoms with Crippen LogP contribution in [0.2, 0.25) is 0 Å². The molecule has 0 aliphatic rings. The maximum atomic E-state index is 12.5. The molecule has 0 radical (unpaired) electrons. The van der Waals surface area contributed by atoms with E-state index in [4.69, 9.17) is 0 Å². The van der Waals surface area contributed by atoms with E-state index in [1.807, 2.05) is 63.2 Å². The number of anilines is 1. The average Bonchev–Trinajstić information content (AvgIpc) is 3.22. The quantitative estimate of drug-likeness (QED) is 0.576. The first kappa shape index (κ1) is 20.3. The number of aromatic amines is 1. The first-order valence-corrected chi connectivity index (χ1v) is 9.62. The van der Waals surface area contributed by atoms with Crippen molar-refractivity contribution in [2.45, 2.75) is 33.1 Å². The lowest BCUT2D eigenvalue weighted by molar-refractivity contribution is -0.124. The molecule has 0 fully saturated rings. The van der Waals surface area contributed by atoms with Crippen molar-refractivity contribution in [3.63, 3.8) is 0 Å². The molecular formula is C23H26N4O2. The summed E-state index contributed by atoms with van der Waals surface area (Å²) in [5.74, 6) is 0.0722. The van der Waals surface area contributed by atoms with Crippen LogP contribution < -0.4 is 10.6 Å². The summed E-state index contributed by atoms with van der Waals surface area (Å²) in [6, 6.07) is 13.8. The van der Waals surface area contributed by atoms with Gasteiger partial charge in [0.25, 0.3) is 0 Å². The van der Waals surface area contributed by atoms with Crippen LogP contribution in [0.15, 0.2) is 54.9 Å². The lowest BCUT2D eigenvalue weighted by Crippen LogP contribution is -2.34. The summed E-state index contributed by atoms with van der Waals surface area (Å²) in [6.45, 7) is 5.86. The topological polar surface area (TPSA) is 86.9 Å². The Labute approximate surface area is 170 Å². The van der Waals surface area contributed by atoms with Crippen molar-refractivity contribution in [1.82, 2.24) is 15.3 Å². The van der Waals surface area contributed by atoms with E-state index < -0.39 is 0 Å². The second kappa shape index (κ2) is 9.19. The van der Waals surface area contributed by atoms with E-state index in [-0.39, 0.29) is 30.7 Å². The van der Waals surface area contributed by atoms with Crippen molar-refractivity contribution < 1.29 is 9.59 Å². The van der Waals surface area contributed by atoms with E-state index in [2.05, 4.69) is 20.6 Å². The fourth-order valence-corrected chi connectivity index (χ4v) is 3.52. The van der Waals surface area contributed by atoms with Crippen LogP contribution in [0, 0.1) is 20.8 Å². The van der Waals surface area contributed by atoms with Crippen molar-refractivity contribution in [2.24, 2.45) is 0 Å². The minimum absolute atomic E-state index is 0.0781. The third-order valence-corrected chi connectivity index (χ3v) is 4.83. The van der Waals surface area contributed by atoms with Gasteiger partial charge in [0, 0.05) is 24.5 Å². The van der Waals surface area contributed by atoms with Gasteiger partial charge in [0.15, 0.2) is 0 Å². The van der Waals surface area contributed by atoms with Crippen molar-refractivity contribution >= 4 is 17.5 Å². The van der Waals surface area contributed by atoms with Gasteiger partial charge in [-0.15, -0.1) is 0 Å². The third kappa shape index (κ3) is 5.31. The van der Waals surface area contributed by atoms with Gasteiger partial charge in [-0.2, -0.15) is 0 Å². The molecule has 0 saturated heterocycles. The van der Waals surface area contributed by atoms with Gasteiger partial charge in [0.05, 0.1) is 12.5 Å². The first-order valence-electron chi connectivity index (χ1n) is 9.62. The zero-order valence-electron chi connectivity index (χ0n) is 17.0. The van der Waals surface area contributed by atoms with Crippen LogP contribution in [0.1, 0.15) is 40.4 Å². The van der Waals surface area contributed by atoms with Gasteiger partial charge in [0.2, 0.25) is 11.8 Å². The molecule has 150 valence electrons. The van der Waals surface area contributed by atoms with Crippen LogP contribution in [0.25, 0.3) is 0 Å². The number of nitrogens with one attached hydrogen (secondary N) is 3. The smallest absolute Gasteiger partial charge is 0.243 e. The highest BCUT2D eigenvalue weighted by Gasteiger charge is 2.20. The van der Waals surface area contributed by atoms with Crippen molar-refractivity contribution in [1.29, 1.82) is 0 Å². The molecule has 1 unspecified atom stereocenters. The predicted octanol–water partition coefficient (Wildman–Crippen LogP) is 3.61. The van der Waals surface area contributed by atoms with E-state index in [9.17, 15) is 9.59 Å². The highest BCUT2D eigenvalue weighted by molar-refractivity contribution is 5.95. The van der Waals surface area contributed by atoms with Crippen LogP contribution >= 0.6 is 0 Å². The third-order valence-electron chi connectivity index (χ3n) is 4.83. The molecule has 0 bridgehead atoms. The Balaban J connectivity index is 1.60. The number of amides is 2. The Morgan fingerprint density at radius 3 is 2.34 bits per heavy atom. The SMILES string of the molecule is Cc1cc(C)c(NC(=O)CNC(=O)CC(c2ccccc2)c2ncc[nH]2)c(C)c1. The summed E-state index contributed by atoms with van der Waals surface area (Å²) in [5, 5.41) is 5.62. The van der Waals surface area contributed by atoms with E-state index in [1.165, 1.54) is 0 Å². The summed E-state index contributed by atoms with van der Waals surface area (Å²) >= 11 is 0. The number of rotatable bonds is 7. The molecule has 0 aliphatic heterocycles. The van der Waals surface area contributed by atoms with Crippen LogP contribution in [-0.2, 0) is 9.59 Å². The number of hydrogen-bond donors (Lipinski definition) is 3. The molecule has 3 rings (SSSR count). The molecular weight excluding hydrogens is 364 g/mol. The van der Waals surface area contributed by atoms with E-state index >= 15 is 0 Å². The number of imidazole rings is 1. The number of nitrogens with zero attached hydrogens (tertiary/aromatic N) is 1. The van der Waals surface area contributed by atoms with Gasteiger partial charge in [-0.05, 0) is 37.5 Å².